The molecule has 0 fully saturated rings. The van der Waals surface area contributed by atoms with Gasteiger partial charge in [-0.15, -0.1) is 11.3 Å². The molecule has 0 bridgehead atoms. The van der Waals surface area contributed by atoms with E-state index in [2.05, 4.69) is 44.9 Å². The predicted octanol–water partition coefficient (Wildman–Crippen LogP) is 3.13. The maximum atomic E-state index is 5.25. The molecule has 4 rings (SSSR count). The second kappa shape index (κ2) is 7.47. The van der Waals surface area contributed by atoms with Gasteiger partial charge in [0.15, 0.2) is 0 Å². The zero-order valence-corrected chi connectivity index (χ0v) is 15.2. The van der Waals surface area contributed by atoms with Crippen molar-refractivity contribution in [2.75, 3.05) is 20.3 Å². The van der Waals surface area contributed by atoms with Gasteiger partial charge in [0, 0.05) is 50.7 Å². The first-order valence-corrected chi connectivity index (χ1v) is 9.41. The molecular formula is C19H22N4OS. The summed E-state index contributed by atoms with van der Waals surface area (Å²) in [6.45, 7) is 4.34. The van der Waals surface area contributed by atoms with E-state index in [4.69, 9.17) is 9.72 Å². The van der Waals surface area contributed by atoms with Gasteiger partial charge in [-0.05, 0) is 11.1 Å². The second-order valence-corrected chi connectivity index (χ2v) is 7.30. The topological polar surface area (TPSA) is 43.2 Å². The monoisotopic (exact) mass is 354 g/mol. The van der Waals surface area contributed by atoms with Crippen LogP contribution in [0.2, 0.25) is 0 Å². The Labute approximate surface area is 151 Å². The summed E-state index contributed by atoms with van der Waals surface area (Å²) in [6.07, 6.45) is 5.83. The van der Waals surface area contributed by atoms with E-state index in [-0.39, 0.29) is 5.92 Å². The fourth-order valence-electron chi connectivity index (χ4n) is 3.55. The van der Waals surface area contributed by atoms with Gasteiger partial charge in [-0.25, -0.2) is 9.97 Å². The number of rotatable bonds is 6. The van der Waals surface area contributed by atoms with Crippen molar-refractivity contribution in [3.63, 3.8) is 0 Å². The highest BCUT2D eigenvalue weighted by Gasteiger charge is 2.29. The van der Waals surface area contributed by atoms with Gasteiger partial charge < -0.3 is 9.30 Å². The van der Waals surface area contributed by atoms with Crippen LogP contribution in [0.25, 0.3) is 0 Å². The van der Waals surface area contributed by atoms with Crippen LogP contribution in [0.4, 0.5) is 0 Å². The number of hydrogen-bond acceptors (Lipinski definition) is 5. The highest BCUT2D eigenvalue weighted by Crippen LogP contribution is 2.33. The van der Waals surface area contributed by atoms with E-state index in [1.165, 1.54) is 16.1 Å². The number of hydrogen-bond donors (Lipinski definition) is 0. The predicted molar refractivity (Wildman–Crippen MR) is 98.6 cm³/mol. The minimum atomic E-state index is 0.275. The van der Waals surface area contributed by atoms with Gasteiger partial charge in [0.2, 0.25) is 0 Å². The summed E-state index contributed by atoms with van der Waals surface area (Å²) >= 11 is 1.72. The van der Waals surface area contributed by atoms with Crippen molar-refractivity contribution in [2.45, 2.75) is 25.6 Å². The molecule has 2 aromatic heterocycles. The Morgan fingerprint density at radius 1 is 1.24 bits per heavy atom. The summed E-state index contributed by atoms with van der Waals surface area (Å²) < 4.78 is 7.47. The lowest BCUT2D eigenvalue weighted by Gasteiger charge is -2.34. The van der Waals surface area contributed by atoms with Gasteiger partial charge in [-0.1, -0.05) is 24.3 Å². The lowest BCUT2D eigenvalue weighted by Crippen LogP contribution is -2.35. The van der Waals surface area contributed by atoms with Crippen molar-refractivity contribution in [1.82, 2.24) is 19.4 Å². The van der Waals surface area contributed by atoms with Gasteiger partial charge in [0.05, 0.1) is 19.1 Å². The van der Waals surface area contributed by atoms with Gasteiger partial charge in [-0.3, -0.25) is 4.90 Å². The first-order valence-electron chi connectivity index (χ1n) is 8.53. The summed E-state index contributed by atoms with van der Waals surface area (Å²) in [5, 5.41) is 3.21. The highest BCUT2D eigenvalue weighted by molar-refractivity contribution is 7.09. The molecular weight excluding hydrogens is 332 g/mol. The molecule has 1 aromatic carbocycles. The Bertz CT molecular complexity index is 814. The van der Waals surface area contributed by atoms with Crippen molar-refractivity contribution in [1.29, 1.82) is 0 Å². The molecule has 0 saturated heterocycles. The van der Waals surface area contributed by atoms with Gasteiger partial charge in [0.25, 0.3) is 0 Å². The Kier molecular flexibility index (Phi) is 4.92. The van der Waals surface area contributed by atoms with Crippen LogP contribution in [0.1, 0.15) is 27.9 Å². The summed E-state index contributed by atoms with van der Waals surface area (Å²) in [6, 6.07) is 8.74. The molecule has 1 atom stereocenters. The van der Waals surface area contributed by atoms with E-state index in [1.807, 2.05) is 17.8 Å². The Morgan fingerprint density at radius 3 is 3.00 bits per heavy atom. The Balaban J connectivity index is 1.64. The summed E-state index contributed by atoms with van der Waals surface area (Å²) in [4.78, 5) is 11.6. The molecule has 3 aromatic rings. The number of imidazole rings is 1. The third kappa shape index (κ3) is 3.51. The average molecular weight is 354 g/mol. The first kappa shape index (κ1) is 16.4. The number of aromatic nitrogens is 3. The van der Waals surface area contributed by atoms with Crippen LogP contribution in [0, 0.1) is 0 Å². The molecule has 130 valence electrons. The molecule has 3 heterocycles. The average Bonchev–Trinajstić information content (AvgIpc) is 3.31. The van der Waals surface area contributed by atoms with Crippen LogP contribution < -0.4 is 0 Å². The van der Waals surface area contributed by atoms with Crippen LogP contribution in [0.5, 0.6) is 0 Å². The maximum absolute atomic E-state index is 5.25. The number of nitrogens with zero attached hydrogens (tertiary/aromatic N) is 4. The molecule has 6 heteroatoms. The van der Waals surface area contributed by atoms with Crippen LogP contribution >= 0.6 is 11.3 Å². The number of thiazole rings is 1. The van der Waals surface area contributed by atoms with E-state index in [9.17, 15) is 0 Å². The number of ether oxygens (including phenoxy) is 1. The molecule has 0 unspecified atom stereocenters. The molecule has 0 amide bonds. The van der Waals surface area contributed by atoms with Gasteiger partial charge in [0.1, 0.15) is 10.8 Å². The number of benzene rings is 1. The molecule has 1 aliphatic heterocycles. The Morgan fingerprint density at radius 2 is 2.16 bits per heavy atom. The lowest BCUT2D eigenvalue weighted by atomic mass is 9.89. The van der Waals surface area contributed by atoms with E-state index in [0.29, 0.717) is 6.61 Å². The van der Waals surface area contributed by atoms with E-state index < -0.39 is 0 Å². The van der Waals surface area contributed by atoms with E-state index >= 15 is 0 Å². The third-order valence-corrected chi connectivity index (χ3v) is 5.47. The molecule has 0 radical (unpaired) electrons. The van der Waals surface area contributed by atoms with Crippen molar-refractivity contribution in [2.24, 2.45) is 0 Å². The molecule has 0 saturated carbocycles. The van der Waals surface area contributed by atoms with Crippen LogP contribution in [-0.4, -0.2) is 39.7 Å². The molecule has 0 aliphatic carbocycles. The Hall–Kier alpha value is -2.02. The SMILES string of the molecule is COCCn1ccnc1[C@@H]1CN(Cc2nccs2)Cc2ccccc21. The van der Waals surface area contributed by atoms with Crippen LogP contribution in [0.15, 0.2) is 48.2 Å². The molecule has 25 heavy (non-hydrogen) atoms. The largest absolute Gasteiger partial charge is 0.383 e. The fourth-order valence-corrected chi connectivity index (χ4v) is 4.21. The number of methoxy groups -OCH3 is 1. The van der Waals surface area contributed by atoms with Gasteiger partial charge >= 0.3 is 0 Å². The van der Waals surface area contributed by atoms with Gasteiger partial charge in [-0.2, -0.15) is 0 Å². The summed E-state index contributed by atoms with van der Waals surface area (Å²) in [7, 11) is 1.74. The van der Waals surface area contributed by atoms with Crippen molar-refractivity contribution >= 4 is 11.3 Å². The van der Waals surface area contributed by atoms with Crippen LogP contribution in [-0.2, 0) is 24.4 Å². The van der Waals surface area contributed by atoms with Crippen molar-refractivity contribution in [3.05, 3.63) is 70.2 Å². The zero-order chi connectivity index (χ0) is 17.1. The van der Waals surface area contributed by atoms with E-state index in [0.717, 1.165) is 32.0 Å². The minimum Gasteiger partial charge on any atom is -0.383 e. The first-order chi connectivity index (χ1) is 12.3. The lowest BCUT2D eigenvalue weighted by molar-refractivity contribution is 0.184. The summed E-state index contributed by atoms with van der Waals surface area (Å²) in [5.74, 6) is 1.39. The molecule has 1 aliphatic rings. The fraction of sp³-hybridized carbons (Fsp3) is 0.368. The number of fused-ring (bicyclic) bond motifs is 1. The van der Waals surface area contributed by atoms with Crippen molar-refractivity contribution < 1.29 is 4.74 Å². The van der Waals surface area contributed by atoms with E-state index in [1.54, 1.807) is 18.4 Å². The smallest absolute Gasteiger partial charge is 0.117 e. The second-order valence-electron chi connectivity index (χ2n) is 6.32. The molecule has 0 spiro atoms. The normalized spacial score (nSPS) is 17.6. The maximum Gasteiger partial charge on any atom is 0.117 e. The van der Waals surface area contributed by atoms with Crippen LogP contribution in [0.3, 0.4) is 0 Å². The quantitative estimate of drug-likeness (QED) is 0.682. The minimum absolute atomic E-state index is 0.275. The third-order valence-electron chi connectivity index (χ3n) is 4.70. The molecule has 5 nitrogen and oxygen atoms in total. The zero-order valence-electron chi connectivity index (χ0n) is 14.3. The highest BCUT2D eigenvalue weighted by atomic mass is 32.1. The molecule has 0 N–H and O–H groups in total. The summed E-state index contributed by atoms with van der Waals surface area (Å²) in [5.41, 5.74) is 2.78. The standard InChI is InChI=1S/C19H22N4OS/c1-24-10-9-23-8-6-21-19(23)17-13-22(14-18-20-7-11-25-18)12-15-4-2-3-5-16(15)17/h2-8,11,17H,9-10,12-14H2,1H3/t17-/m1/s1. The van der Waals surface area contributed by atoms with Crippen molar-refractivity contribution in [3.8, 4) is 0 Å².